The summed E-state index contributed by atoms with van der Waals surface area (Å²) in [7, 11) is 0. The van der Waals surface area contributed by atoms with Crippen LogP contribution in [0.3, 0.4) is 0 Å². The van der Waals surface area contributed by atoms with Crippen molar-refractivity contribution in [3.8, 4) is 0 Å². The zero-order valence-electron chi connectivity index (χ0n) is 5.59. The minimum atomic E-state index is 0.619. The van der Waals surface area contributed by atoms with Gasteiger partial charge in [0.1, 0.15) is 0 Å². The molecule has 4 saturated carbocycles. The van der Waals surface area contributed by atoms with Crippen LogP contribution in [0, 0.1) is 23.7 Å². The van der Waals surface area contributed by atoms with Gasteiger partial charge in [0.25, 0.3) is 0 Å². The van der Waals surface area contributed by atoms with E-state index in [-0.39, 0.29) is 0 Å². The van der Waals surface area contributed by atoms with E-state index in [9.17, 15) is 0 Å². The van der Waals surface area contributed by atoms with Crippen LogP contribution in [0.5, 0.6) is 0 Å². The molecule has 0 aromatic carbocycles. The molecule has 1 unspecified atom stereocenters. The van der Waals surface area contributed by atoms with E-state index in [1.165, 1.54) is 19.3 Å². The first-order chi connectivity index (χ1) is 4.38. The molecule has 0 radical (unpaired) electrons. The molecule has 5 atom stereocenters. The Kier molecular flexibility index (Phi) is 0.628. The monoisotopic (exact) mass is 123 g/mol. The lowest BCUT2D eigenvalue weighted by atomic mass is 9.72. The fraction of sp³-hybridized carbons (Fsp3) is 1.00. The van der Waals surface area contributed by atoms with Gasteiger partial charge in [-0.3, -0.25) is 0 Å². The Labute approximate surface area is 55.6 Å². The van der Waals surface area contributed by atoms with Crippen molar-refractivity contribution >= 4 is 0 Å². The number of hydrogen-bond donors (Lipinski definition) is 1. The van der Waals surface area contributed by atoms with Gasteiger partial charge >= 0.3 is 0 Å². The lowest BCUT2D eigenvalue weighted by Crippen LogP contribution is -2.35. The zero-order valence-corrected chi connectivity index (χ0v) is 5.59. The van der Waals surface area contributed by atoms with E-state index >= 15 is 0 Å². The molecule has 0 saturated heterocycles. The molecule has 1 nitrogen and oxygen atoms in total. The quantitative estimate of drug-likeness (QED) is 0.510. The Morgan fingerprint density at radius 1 is 0.889 bits per heavy atom. The molecule has 4 aliphatic rings. The summed E-state index contributed by atoms with van der Waals surface area (Å²) >= 11 is 0. The molecule has 0 heterocycles. The lowest BCUT2D eigenvalue weighted by Gasteiger charge is -2.34. The van der Waals surface area contributed by atoms with Gasteiger partial charge in [-0.05, 0) is 42.9 Å². The Hall–Kier alpha value is -0.0400. The number of hydrogen-bond acceptors (Lipinski definition) is 1. The fourth-order valence-electron chi connectivity index (χ4n) is 3.54. The summed E-state index contributed by atoms with van der Waals surface area (Å²) in [5.41, 5.74) is 6.01. The van der Waals surface area contributed by atoms with Crippen LogP contribution in [0.25, 0.3) is 0 Å². The van der Waals surface area contributed by atoms with Crippen molar-refractivity contribution in [2.45, 2.75) is 25.3 Å². The van der Waals surface area contributed by atoms with Crippen LogP contribution in [-0.2, 0) is 0 Å². The first-order valence-corrected chi connectivity index (χ1v) is 4.13. The lowest BCUT2D eigenvalue weighted by molar-refractivity contribution is 0.163. The van der Waals surface area contributed by atoms with Crippen molar-refractivity contribution in [2.24, 2.45) is 29.4 Å². The average molecular weight is 123 g/mol. The van der Waals surface area contributed by atoms with Crippen molar-refractivity contribution in [1.29, 1.82) is 0 Å². The van der Waals surface area contributed by atoms with Crippen LogP contribution in [0.4, 0.5) is 0 Å². The molecule has 4 aliphatic carbocycles. The summed E-state index contributed by atoms with van der Waals surface area (Å²) in [6, 6.07) is 0.619. The summed E-state index contributed by atoms with van der Waals surface area (Å²) in [4.78, 5) is 0. The molecule has 0 spiro atoms. The van der Waals surface area contributed by atoms with E-state index in [4.69, 9.17) is 5.73 Å². The zero-order chi connectivity index (χ0) is 6.01. The maximum Gasteiger partial charge on any atom is 0.0101 e. The highest BCUT2D eigenvalue weighted by atomic mass is 14.8. The normalized spacial score (nSPS) is 68.3. The van der Waals surface area contributed by atoms with E-state index in [1.54, 1.807) is 0 Å². The second-order valence-corrected chi connectivity index (χ2v) is 4.05. The molecule has 9 heavy (non-hydrogen) atoms. The van der Waals surface area contributed by atoms with Crippen LogP contribution < -0.4 is 5.73 Å². The summed E-state index contributed by atoms with van der Waals surface area (Å²) in [5, 5.41) is 0. The smallest absolute Gasteiger partial charge is 0.0101 e. The van der Waals surface area contributed by atoms with E-state index in [1.807, 2.05) is 0 Å². The van der Waals surface area contributed by atoms with Gasteiger partial charge in [0.15, 0.2) is 0 Å². The molecule has 4 fully saturated rings. The van der Waals surface area contributed by atoms with E-state index in [0.717, 1.165) is 23.7 Å². The first kappa shape index (κ1) is 4.73. The second kappa shape index (κ2) is 1.20. The van der Waals surface area contributed by atoms with Crippen LogP contribution >= 0.6 is 0 Å². The van der Waals surface area contributed by atoms with Gasteiger partial charge in [0.2, 0.25) is 0 Å². The van der Waals surface area contributed by atoms with Crippen molar-refractivity contribution in [2.75, 3.05) is 0 Å². The molecule has 2 N–H and O–H groups in total. The van der Waals surface area contributed by atoms with Crippen LogP contribution in [-0.4, -0.2) is 6.04 Å². The molecule has 0 amide bonds. The summed E-state index contributed by atoms with van der Waals surface area (Å²) < 4.78 is 0. The van der Waals surface area contributed by atoms with Gasteiger partial charge < -0.3 is 5.73 Å². The van der Waals surface area contributed by atoms with Crippen molar-refractivity contribution in [3.05, 3.63) is 0 Å². The predicted octanol–water partition coefficient (Wildman–Crippen LogP) is 0.990. The highest BCUT2D eigenvalue weighted by Crippen LogP contribution is 2.64. The average Bonchev–Trinajstić information content (AvgIpc) is 2.26. The molecule has 4 bridgehead atoms. The van der Waals surface area contributed by atoms with Crippen molar-refractivity contribution < 1.29 is 0 Å². The van der Waals surface area contributed by atoms with Crippen LogP contribution in [0.1, 0.15) is 19.3 Å². The molecule has 1 heteroatoms. The fourth-order valence-corrected chi connectivity index (χ4v) is 3.54. The molecular weight excluding hydrogens is 110 g/mol. The predicted molar refractivity (Wildman–Crippen MR) is 35.8 cm³/mol. The summed E-state index contributed by atoms with van der Waals surface area (Å²) in [6.45, 7) is 0. The Bertz CT molecular complexity index is 142. The molecule has 4 rings (SSSR count). The summed E-state index contributed by atoms with van der Waals surface area (Å²) in [5.74, 6) is 4.10. The Morgan fingerprint density at radius 3 is 2.11 bits per heavy atom. The van der Waals surface area contributed by atoms with Crippen molar-refractivity contribution in [1.82, 2.24) is 0 Å². The van der Waals surface area contributed by atoms with Gasteiger partial charge in [0, 0.05) is 6.04 Å². The molecule has 0 aliphatic heterocycles. The number of nitrogens with two attached hydrogens (primary N) is 1. The molecule has 0 aromatic rings. The van der Waals surface area contributed by atoms with E-state index < -0.39 is 0 Å². The second-order valence-electron chi connectivity index (χ2n) is 4.05. The Balaban J connectivity index is 2.03. The summed E-state index contributed by atoms with van der Waals surface area (Å²) in [6.07, 6.45) is 4.44. The van der Waals surface area contributed by atoms with Gasteiger partial charge in [-0.1, -0.05) is 0 Å². The van der Waals surface area contributed by atoms with E-state index in [2.05, 4.69) is 0 Å². The maximum atomic E-state index is 6.01. The van der Waals surface area contributed by atoms with Gasteiger partial charge in [0.05, 0.1) is 0 Å². The minimum Gasteiger partial charge on any atom is -0.327 e. The molecule has 0 aromatic heterocycles. The topological polar surface area (TPSA) is 26.0 Å². The molecule has 50 valence electrons. The van der Waals surface area contributed by atoms with Gasteiger partial charge in [-0.15, -0.1) is 0 Å². The SMILES string of the molecule is N[C@H]1[C@@H]2CC3[C@H]1CC[C@@H]32. The largest absolute Gasteiger partial charge is 0.327 e. The van der Waals surface area contributed by atoms with Gasteiger partial charge in [-0.25, -0.2) is 0 Å². The third-order valence-electron chi connectivity index (χ3n) is 4.02. The minimum absolute atomic E-state index is 0.619. The van der Waals surface area contributed by atoms with Crippen LogP contribution in [0.2, 0.25) is 0 Å². The number of rotatable bonds is 0. The van der Waals surface area contributed by atoms with Crippen molar-refractivity contribution in [3.63, 3.8) is 0 Å². The van der Waals surface area contributed by atoms with Gasteiger partial charge in [-0.2, -0.15) is 0 Å². The molecular formula is C8H13N. The third-order valence-corrected chi connectivity index (χ3v) is 4.02. The highest BCUT2D eigenvalue weighted by Gasteiger charge is 2.60. The van der Waals surface area contributed by atoms with Crippen LogP contribution in [0.15, 0.2) is 0 Å². The standard InChI is InChI=1S/C8H13N/c9-8-5-2-1-4-6(5)3-7(4)8/h4-8H,1-3,9H2/t4-,5+,6?,7+,8+/m0/s1. The first-order valence-electron chi connectivity index (χ1n) is 4.13. The highest BCUT2D eigenvalue weighted by molar-refractivity contribution is 5.12. The third kappa shape index (κ3) is 0.337. The van der Waals surface area contributed by atoms with E-state index in [0.29, 0.717) is 6.04 Å². The maximum absolute atomic E-state index is 6.01. The Morgan fingerprint density at radius 2 is 1.67 bits per heavy atom.